The summed E-state index contributed by atoms with van der Waals surface area (Å²) >= 11 is 0. The lowest BCUT2D eigenvalue weighted by Gasteiger charge is -2.27. The van der Waals surface area contributed by atoms with Gasteiger partial charge in [0.2, 0.25) is 0 Å². The first kappa shape index (κ1) is 24.5. The molecule has 0 radical (unpaired) electrons. The summed E-state index contributed by atoms with van der Waals surface area (Å²) in [7, 11) is 0. The van der Waals surface area contributed by atoms with Gasteiger partial charge in [0.05, 0.1) is 17.0 Å². The molecule has 3 fully saturated rings. The normalized spacial score (nSPS) is 21.9. The van der Waals surface area contributed by atoms with Crippen LogP contribution in [0.15, 0.2) is 48.8 Å². The number of hydrogen-bond donors (Lipinski definition) is 2. The van der Waals surface area contributed by atoms with Gasteiger partial charge in [-0.2, -0.15) is 5.10 Å². The second-order valence-corrected chi connectivity index (χ2v) is 11.9. The van der Waals surface area contributed by atoms with Crippen LogP contribution in [0, 0.1) is 24.6 Å². The Kier molecular flexibility index (Phi) is 5.28. The molecule has 3 aliphatic rings. The Balaban J connectivity index is 1.21. The smallest absolute Gasteiger partial charge is 0.257 e. The van der Waals surface area contributed by atoms with E-state index >= 15 is 0 Å². The minimum atomic E-state index is -0.684. The molecule has 2 unspecified atom stereocenters. The van der Waals surface area contributed by atoms with Crippen molar-refractivity contribution in [2.45, 2.75) is 51.2 Å². The SMILES string of the molecule is Cc1c(-c2cc3ccc(-c4cccc(O)c4F)nc3n2CC2CC2)nn2cc(C(=O)N3CC4CCC3[C@@H]4N)cnc12. The molecule has 1 aromatic carbocycles. The Hall–Kier alpha value is -4.31. The molecular weight excluding hydrogens is 521 g/mol. The van der Waals surface area contributed by atoms with Crippen LogP contribution in [0.4, 0.5) is 4.39 Å². The van der Waals surface area contributed by atoms with Gasteiger partial charge < -0.3 is 20.3 Å². The topological polar surface area (TPSA) is 115 Å². The first-order chi connectivity index (χ1) is 19.9. The Morgan fingerprint density at radius 2 is 2.00 bits per heavy atom. The number of rotatable bonds is 5. The van der Waals surface area contributed by atoms with E-state index in [2.05, 4.69) is 15.6 Å². The predicted octanol–water partition coefficient (Wildman–Crippen LogP) is 4.54. The highest BCUT2D eigenvalue weighted by Crippen LogP contribution is 2.39. The van der Waals surface area contributed by atoms with Crippen molar-refractivity contribution in [1.29, 1.82) is 0 Å². The van der Waals surface area contributed by atoms with Crippen molar-refractivity contribution in [1.82, 2.24) is 29.0 Å². The van der Waals surface area contributed by atoms with E-state index in [0.717, 1.165) is 60.2 Å². The van der Waals surface area contributed by atoms with Crippen LogP contribution in [0.3, 0.4) is 0 Å². The fourth-order valence-electron chi connectivity index (χ4n) is 6.79. The van der Waals surface area contributed by atoms with E-state index in [0.29, 0.717) is 35.3 Å². The van der Waals surface area contributed by atoms with Crippen LogP contribution < -0.4 is 5.73 Å². The monoisotopic (exact) mass is 551 g/mol. The van der Waals surface area contributed by atoms with Crippen LogP contribution in [0.25, 0.3) is 39.3 Å². The van der Waals surface area contributed by atoms with Crippen molar-refractivity contribution in [2.24, 2.45) is 17.6 Å². The zero-order valence-electron chi connectivity index (χ0n) is 22.7. The minimum absolute atomic E-state index is 0.0458. The van der Waals surface area contributed by atoms with Crippen molar-refractivity contribution in [3.63, 3.8) is 0 Å². The highest BCUT2D eigenvalue weighted by Gasteiger charge is 2.47. The van der Waals surface area contributed by atoms with E-state index in [9.17, 15) is 14.3 Å². The largest absolute Gasteiger partial charge is 0.505 e. The van der Waals surface area contributed by atoms with Gasteiger partial charge >= 0.3 is 0 Å². The molecule has 10 heteroatoms. The molecule has 41 heavy (non-hydrogen) atoms. The number of likely N-dealkylation sites (tertiary alicyclic amines) is 1. The van der Waals surface area contributed by atoms with Gasteiger partial charge in [-0.3, -0.25) is 4.79 Å². The number of aryl methyl sites for hydroxylation is 1. The molecule has 9 nitrogen and oxygen atoms in total. The number of hydrogen-bond acceptors (Lipinski definition) is 6. The first-order valence-corrected chi connectivity index (χ1v) is 14.3. The number of aromatic nitrogens is 5. The molecule has 1 saturated heterocycles. The van der Waals surface area contributed by atoms with Crippen LogP contribution in [-0.2, 0) is 6.54 Å². The number of benzene rings is 1. The number of fused-ring (bicyclic) bond motifs is 4. The van der Waals surface area contributed by atoms with Gasteiger partial charge in [0.1, 0.15) is 11.3 Å². The quantitative estimate of drug-likeness (QED) is 0.332. The fourth-order valence-corrected chi connectivity index (χ4v) is 6.79. The van der Waals surface area contributed by atoms with Crippen LogP contribution in [0.2, 0.25) is 0 Å². The maximum absolute atomic E-state index is 14.8. The van der Waals surface area contributed by atoms with Crippen molar-refractivity contribution >= 4 is 22.6 Å². The molecule has 2 saturated carbocycles. The number of phenols is 1. The van der Waals surface area contributed by atoms with Gasteiger partial charge in [0.25, 0.3) is 5.91 Å². The van der Waals surface area contributed by atoms with E-state index in [1.165, 1.54) is 6.07 Å². The molecule has 1 aliphatic heterocycles. The summed E-state index contributed by atoms with van der Waals surface area (Å²) in [5.41, 5.74) is 11.6. The average Bonchev–Trinajstić information content (AvgIpc) is 3.39. The first-order valence-electron chi connectivity index (χ1n) is 14.3. The van der Waals surface area contributed by atoms with Crippen molar-refractivity contribution < 1.29 is 14.3 Å². The Morgan fingerprint density at radius 3 is 2.76 bits per heavy atom. The molecule has 4 aromatic heterocycles. The van der Waals surface area contributed by atoms with E-state index in [1.807, 2.05) is 17.9 Å². The van der Waals surface area contributed by atoms with Gasteiger partial charge in [-0.05, 0) is 74.8 Å². The molecule has 1 amide bonds. The molecule has 0 spiro atoms. The van der Waals surface area contributed by atoms with Crippen molar-refractivity contribution in [3.8, 4) is 28.4 Å². The van der Waals surface area contributed by atoms with Gasteiger partial charge in [0.15, 0.2) is 17.2 Å². The number of carbonyl (C=O) groups is 1. The number of phenolic OH excluding ortho intramolecular Hbond substituents is 1. The molecule has 5 aromatic rings. The van der Waals surface area contributed by atoms with Gasteiger partial charge in [-0.25, -0.2) is 18.9 Å². The maximum Gasteiger partial charge on any atom is 0.257 e. The number of nitrogens with two attached hydrogens (primary N) is 1. The molecule has 8 rings (SSSR count). The van der Waals surface area contributed by atoms with Crippen LogP contribution in [-0.4, -0.2) is 58.7 Å². The fraction of sp³-hybridized carbons (Fsp3) is 0.355. The lowest BCUT2D eigenvalue weighted by atomic mass is 10.1. The summed E-state index contributed by atoms with van der Waals surface area (Å²) in [6.07, 6.45) is 7.76. The van der Waals surface area contributed by atoms with Crippen LogP contribution in [0.1, 0.15) is 41.6 Å². The number of carbonyl (C=O) groups excluding carboxylic acids is 1. The van der Waals surface area contributed by atoms with Gasteiger partial charge in [0, 0.05) is 54.1 Å². The van der Waals surface area contributed by atoms with Crippen molar-refractivity contribution in [2.75, 3.05) is 6.54 Å². The molecule has 5 heterocycles. The van der Waals surface area contributed by atoms with E-state index in [4.69, 9.17) is 15.8 Å². The molecule has 3 atom stereocenters. The third kappa shape index (κ3) is 3.77. The van der Waals surface area contributed by atoms with E-state index in [-0.39, 0.29) is 23.6 Å². The number of amides is 1. The van der Waals surface area contributed by atoms with E-state index in [1.54, 1.807) is 35.1 Å². The van der Waals surface area contributed by atoms with Crippen LogP contribution >= 0.6 is 0 Å². The molecule has 2 bridgehead atoms. The standard InChI is InChI=1S/C31H30FN7O2/c1-16-28(36-39-15-20(12-34-29(16)39)31(41)38-14-19-8-10-23(38)27(19)33)24-11-18-7-9-22(21-3-2-4-25(40)26(21)32)35-30(18)37(24)13-17-5-6-17/h2-4,7,9,11-12,15,17,19,23,27,40H,5-6,8,10,13-14,33H2,1H3/t19?,23?,27-/m1/s1. The Labute approximate surface area is 235 Å². The third-order valence-corrected chi connectivity index (χ3v) is 9.24. The minimum Gasteiger partial charge on any atom is -0.505 e. The van der Waals surface area contributed by atoms with E-state index < -0.39 is 11.6 Å². The second kappa shape index (κ2) is 8.84. The second-order valence-electron chi connectivity index (χ2n) is 11.9. The van der Waals surface area contributed by atoms with Gasteiger partial charge in [-0.1, -0.05) is 6.07 Å². The highest BCUT2D eigenvalue weighted by molar-refractivity contribution is 5.94. The number of halogens is 1. The molecular formula is C31H30FN7O2. The summed E-state index contributed by atoms with van der Waals surface area (Å²) in [5.74, 6) is -0.198. The lowest BCUT2D eigenvalue weighted by Crippen LogP contribution is -2.41. The Bertz CT molecular complexity index is 1870. The maximum atomic E-state index is 14.8. The van der Waals surface area contributed by atoms with Crippen LogP contribution in [0.5, 0.6) is 5.75 Å². The van der Waals surface area contributed by atoms with Crippen molar-refractivity contribution in [3.05, 3.63) is 65.7 Å². The predicted molar refractivity (Wildman–Crippen MR) is 152 cm³/mol. The summed E-state index contributed by atoms with van der Waals surface area (Å²) in [4.78, 5) is 24.8. The number of pyridine rings is 1. The van der Waals surface area contributed by atoms with Gasteiger partial charge in [-0.15, -0.1) is 0 Å². The summed E-state index contributed by atoms with van der Waals surface area (Å²) in [6.45, 7) is 3.47. The molecule has 2 aliphatic carbocycles. The molecule has 3 N–H and O–H groups in total. The molecule has 208 valence electrons. The summed E-state index contributed by atoms with van der Waals surface area (Å²) < 4.78 is 18.6. The number of piperidine rings is 1. The zero-order chi connectivity index (χ0) is 28.0. The summed E-state index contributed by atoms with van der Waals surface area (Å²) in [5, 5.41) is 15.8. The Morgan fingerprint density at radius 1 is 1.15 bits per heavy atom. The third-order valence-electron chi connectivity index (χ3n) is 9.24. The lowest BCUT2D eigenvalue weighted by molar-refractivity contribution is 0.0699. The number of aromatic hydroxyl groups is 1. The average molecular weight is 552 g/mol. The number of nitrogens with zero attached hydrogens (tertiary/aromatic N) is 6. The highest BCUT2D eigenvalue weighted by atomic mass is 19.1. The summed E-state index contributed by atoms with van der Waals surface area (Å²) in [6, 6.07) is 10.5. The zero-order valence-corrected chi connectivity index (χ0v) is 22.7.